The SMILES string of the molecule is CC(CNS(=O)(=O)c1c(Cl)cnn1C)C(N)=NO. The first kappa shape index (κ1) is 14.7. The number of sulfonamides is 1. The average Bonchev–Trinajstić information content (AvgIpc) is 2.65. The van der Waals surface area contributed by atoms with Gasteiger partial charge in [0.2, 0.25) is 0 Å². The average molecular weight is 296 g/mol. The molecular weight excluding hydrogens is 282 g/mol. The van der Waals surface area contributed by atoms with Crippen LogP contribution in [0.15, 0.2) is 16.4 Å². The highest BCUT2D eigenvalue weighted by molar-refractivity contribution is 7.89. The van der Waals surface area contributed by atoms with Crippen LogP contribution in [-0.4, -0.2) is 35.8 Å². The van der Waals surface area contributed by atoms with Crippen molar-refractivity contribution in [1.82, 2.24) is 14.5 Å². The molecule has 0 bridgehead atoms. The van der Waals surface area contributed by atoms with E-state index in [0.29, 0.717) is 0 Å². The summed E-state index contributed by atoms with van der Waals surface area (Å²) in [6.45, 7) is 1.60. The zero-order chi connectivity index (χ0) is 13.9. The molecule has 0 saturated carbocycles. The lowest BCUT2D eigenvalue weighted by atomic mass is 10.2. The molecule has 1 unspecified atom stereocenters. The number of hydrogen-bond donors (Lipinski definition) is 3. The lowest BCUT2D eigenvalue weighted by Gasteiger charge is -2.11. The summed E-state index contributed by atoms with van der Waals surface area (Å²) in [5.74, 6) is -0.509. The van der Waals surface area contributed by atoms with Gasteiger partial charge in [0.25, 0.3) is 10.0 Å². The Hall–Kier alpha value is -1.32. The van der Waals surface area contributed by atoms with E-state index in [2.05, 4.69) is 15.0 Å². The Morgan fingerprint density at radius 1 is 1.78 bits per heavy atom. The van der Waals surface area contributed by atoms with Crippen LogP contribution >= 0.6 is 11.6 Å². The van der Waals surface area contributed by atoms with E-state index in [1.165, 1.54) is 13.2 Å². The molecule has 0 spiro atoms. The van der Waals surface area contributed by atoms with Crippen molar-refractivity contribution in [3.63, 3.8) is 0 Å². The Morgan fingerprint density at radius 2 is 2.39 bits per heavy atom. The quantitative estimate of drug-likeness (QED) is 0.299. The van der Waals surface area contributed by atoms with Crippen LogP contribution in [0.3, 0.4) is 0 Å². The maximum absolute atomic E-state index is 12.0. The van der Waals surface area contributed by atoms with Crippen LogP contribution in [0.2, 0.25) is 5.02 Å². The van der Waals surface area contributed by atoms with Gasteiger partial charge in [0, 0.05) is 19.5 Å². The smallest absolute Gasteiger partial charge is 0.259 e. The maximum Gasteiger partial charge on any atom is 0.259 e. The van der Waals surface area contributed by atoms with Crippen molar-refractivity contribution in [3.8, 4) is 0 Å². The number of aryl methyl sites for hydroxylation is 1. The number of nitrogens with two attached hydrogens (primary N) is 1. The molecule has 0 amide bonds. The van der Waals surface area contributed by atoms with Crippen molar-refractivity contribution < 1.29 is 13.6 Å². The third-order valence-electron chi connectivity index (χ3n) is 2.30. The molecule has 1 rings (SSSR count). The van der Waals surface area contributed by atoms with Gasteiger partial charge in [-0.15, -0.1) is 0 Å². The molecule has 0 aliphatic rings. The molecule has 1 aromatic heterocycles. The van der Waals surface area contributed by atoms with Crippen LogP contribution < -0.4 is 10.5 Å². The summed E-state index contributed by atoms with van der Waals surface area (Å²) in [5.41, 5.74) is 5.35. The molecule has 0 fully saturated rings. The summed E-state index contributed by atoms with van der Waals surface area (Å²) in [6.07, 6.45) is 1.24. The number of hydrogen-bond acceptors (Lipinski definition) is 5. The normalized spacial score (nSPS) is 14.7. The number of halogens is 1. The fraction of sp³-hybridized carbons (Fsp3) is 0.500. The van der Waals surface area contributed by atoms with Gasteiger partial charge in [-0.25, -0.2) is 13.1 Å². The van der Waals surface area contributed by atoms with E-state index in [0.717, 1.165) is 4.68 Å². The third kappa shape index (κ3) is 3.12. The number of nitrogens with zero attached hydrogens (tertiary/aromatic N) is 3. The maximum atomic E-state index is 12.0. The van der Waals surface area contributed by atoms with Gasteiger partial charge in [-0.1, -0.05) is 23.7 Å². The molecule has 0 radical (unpaired) electrons. The lowest BCUT2D eigenvalue weighted by Crippen LogP contribution is -2.35. The summed E-state index contributed by atoms with van der Waals surface area (Å²) in [4.78, 5) is 0. The van der Waals surface area contributed by atoms with Crippen molar-refractivity contribution in [2.45, 2.75) is 11.9 Å². The Bertz CT molecular complexity index is 534. The van der Waals surface area contributed by atoms with E-state index in [-0.39, 0.29) is 22.4 Å². The standard InChI is InChI=1S/C8H14ClN5O3S/c1-5(7(10)13-15)3-12-18(16,17)8-6(9)4-11-14(8)2/h4-5,12,15H,3H2,1-2H3,(H2,10,13). The second-order valence-electron chi connectivity index (χ2n) is 3.70. The largest absolute Gasteiger partial charge is 0.409 e. The third-order valence-corrected chi connectivity index (χ3v) is 4.23. The van der Waals surface area contributed by atoms with Gasteiger partial charge in [0.1, 0.15) is 5.84 Å². The predicted molar refractivity (Wildman–Crippen MR) is 66.0 cm³/mol. The van der Waals surface area contributed by atoms with Crippen LogP contribution in [0.4, 0.5) is 0 Å². The highest BCUT2D eigenvalue weighted by Crippen LogP contribution is 2.19. The van der Waals surface area contributed by atoms with Crippen molar-refractivity contribution in [2.75, 3.05) is 6.54 Å². The number of aromatic nitrogens is 2. The van der Waals surface area contributed by atoms with Crippen molar-refractivity contribution in [1.29, 1.82) is 0 Å². The van der Waals surface area contributed by atoms with Crippen LogP contribution in [0, 0.1) is 5.92 Å². The summed E-state index contributed by atoms with van der Waals surface area (Å²) in [6, 6.07) is 0. The molecule has 18 heavy (non-hydrogen) atoms. The Balaban J connectivity index is 2.85. The van der Waals surface area contributed by atoms with E-state index in [9.17, 15) is 8.42 Å². The minimum Gasteiger partial charge on any atom is -0.409 e. The molecule has 0 aromatic carbocycles. The Morgan fingerprint density at radius 3 is 2.83 bits per heavy atom. The molecule has 102 valence electrons. The van der Waals surface area contributed by atoms with Crippen LogP contribution in [0.25, 0.3) is 0 Å². The van der Waals surface area contributed by atoms with Gasteiger partial charge < -0.3 is 10.9 Å². The fourth-order valence-electron chi connectivity index (χ4n) is 1.21. The van der Waals surface area contributed by atoms with Gasteiger partial charge in [-0.05, 0) is 0 Å². The molecular formula is C8H14ClN5O3S. The first-order valence-electron chi connectivity index (χ1n) is 4.94. The van der Waals surface area contributed by atoms with Gasteiger partial charge >= 0.3 is 0 Å². The molecule has 1 heterocycles. The second-order valence-corrected chi connectivity index (χ2v) is 5.79. The van der Waals surface area contributed by atoms with E-state index in [4.69, 9.17) is 22.5 Å². The summed E-state index contributed by atoms with van der Waals surface area (Å²) in [5, 5.41) is 14.9. The monoisotopic (exact) mass is 295 g/mol. The van der Waals surface area contributed by atoms with E-state index < -0.39 is 15.9 Å². The van der Waals surface area contributed by atoms with E-state index >= 15 is 0 Å². The summed E-state index contributed by atoms with van der Waals surface area (Å²) in [7, 11) is -2.32. The molecule has 8 nitrogen and oxygen atoms in total. The minimum absolute atomic E-state index is 0.0142. The van der Waals surface area contributed by atoms with Crippen molar-refractivity contribution >= 4 is 27.5 Å². The van der Waals surface area contributed by atoms with Gasteiger partial charge in [-0.3, -0.25) is 4.68 Å². The Kier molecular flexibility index (Phi) is 4.54. The molecule has 0 aliphatic heterocycles. The number of amidine groups is 1. The number of rotatable bonds is 5. The van der Waals surface area contributed by atoms with Crippen LogP contribution in [0.5, 0.6) is 0 Å². The predicted octanol–water partition coefficient (Wildman–Crippen LogP) is -0.266. The highest BCUT2D eigenvalue weighted by Gasteiger charge is 2.23. The topological polar surface area (TPSA) is 123 Å². The highest BCUT2D eigenvalue weighted by atomic mass is 35.5. The number of oxime groups is 1. The molecule has 0 saturated heterocycles. The minimum atomic E-state index is -3.79. The van der Waals surface area contributed by atoms with Crippen LogP contribution in [0.1, 0.15) is 6.92 Å². The molecule has 1 aromatic rings. The fourth-order valence-corrected chi connectivity index (χ4v) is 2.99. The molecule has 10 heteroatoms. The first-order valence-corrected chi connectivity index (χ1v) is 6.80. The zero-order valence-electron chi connectivity index (χ0n) is 9.83. The van der Waals surface area contributed by atoms with Gasteiger partial charge in [0.15, 0.2) is 5.03 Å². The summed E-state index contributed by atoms with van der Waals surface area (Å²) < 4.78 is 27.4. The lowest BCUT2D eigenvalue weighted by molar-refractivity contribution is 0.314. The summed E-state index contributed by atoms with van der Waals surface area (Å²) >= 11 is 5.74. The van der Waals surface area contributed by atoms with E-state index in [1.54, 1.807) is 6.92 Å². The molecule has 0 aliphatic carbocycles. The number of nitrogens with one attached hydrogen (secondary N) is 1. The van der Waals surface area contributed by atoms with E-state index in [1.807, 2.05) is 0 Å². The van der Waals surface area contributed by atoms with Gasteiger partial charge in [0.05, 0.1) is 11.2 Å². The van der Waals surface area contributed by atoms with Crippen molar-refractivity contribution in [2.24, 2.45) is 23.9 Å². The Labute approximate surface area is 109 Å². The zero-order valence-corrected chi connectivity index (χ0v) is 11.4. The van der Waals surface area contributed by atoms with Crippen LogP contribution in [-0.2, 0) is 17.1 Å². The van der Waals surface area contributed by atoms with Crippen molar-refractivity contribution in [3.05, 3.63) is 11.2 Å². The first-order chi connectivity index (χ1) is 8.29. The van der Waals surface area contributed by atoms with Gasteiger partial charge in [-0.2, -0.15) is 5.10 Å². The second kappa shape index (κ2) is 5.55. The molecule has 4 N–H and O–H groups in total. The molecule has 1 atom stereocenters.